The summed E-state index contributed by atoms with van der Waals surface area (Å²) in [6, 6.07) is 31.9. The third-order valence-corrected chi connectivity index (χ3v) is 6.15. The number of nitrogens with zero attached hydrogens (tertiary/aromatic N) is 2. The molecule has 156 valence electrons. The van der Waals surface area contributed by atoms with Gasteiger partial charge in [0, 0.05) is 45.3 Å². The highest BCUT2D eigenvalue weighted by atomic mass is 15.0. The summed E-state index contributed by atoms with van der Waals surface area (Å²) < 4.78 is 4.49. The van der Waals surface area contributed by atoms with E-state index < -0.39 is 0 Å². The lowest BCUT2D eigenvalue weighted by atomic mass is 10.1. The summed E-state index contributed by atoms with van der Waals surface area (Å²) in [4.78, 5) is 0. The zero-order chi connectivity index (χ0) is 22.1. The molecule has 0 N–H and O–H groups in total. The van der Waals surface area contributed by atoms with Gasteiger partial charge in [0.15, 0.2) is 0 Å². The molecule has 2 nitrogen and oxygen atoms in total. The van der Waals surface area contributed by atoms with Crippen molar-refractivity contribution < 1.29 is 0 Å². The number of aromatic nitrogens is 2. The van der Waals surface area contributed by atoms with E-state index in [4.69, 9.17) is 0 Å². The Hall–Kier alpha value is -4.04. The lowest BCUT2D eigenvalue weighted by Gasteiger charge is -2.03. The van der Waals surface area contributed by atoms with Gasteiger partial charge in [-0.05, 0) is 36.8 Å². The van der Waals surface area contributed by atoms with Gasteiger partial charge in [0.05, 0.1) is 11.0 Å². The van der Waals surface area contributed by atoms with E-state index in [1.165, 1.54) is 49.2 Å². The van der Waals surface area contributed by atoms with Crippen molar-refractivity contribution in [2.75, 3.05) is 0 Å². The van der Waals surface area contributed by atoms with E-state index in [1.807, 2.05) is 12.3 Å². The summed E-state index contributed by atoms with van der Waals surface area (Å²) in [5.41, 5.74) is 6.22. The summed E-state index contributed by atoms with van der Waals surface area (Å²) >= 11 is 0. The zero-order valence-corrected chi connectivity index (χ0v) is 18.3. The van der Waals surface area contributed by atoms with E-state index in [0.717, 1.165) is 6.54 Å². The minimum atomic E-state index is 0.991. The Bertz CT molecular complexity index is 1540. The highest BCUT2D eigenvalue weighted by molar-refractivity contribution is 6.09. The first-order chi connectivity index (χ1) is 15.8. The van der Waals surface area contributed by atoms with Crippen LogP contribution in [0.4, 0.5) is 0 Å². The van der Waals surface area contributed by atoms with Crippen molar-refractivity contribution in [3.63, 3.8) is 0 Å². The molecular formula is C30H26N2. The second kappa shape index (κ2) is 8.24. The van der Waals surface area contributed by atoms with Crippen molar-refractivity contribution in [2.24, 2.45) is 0 Å². The average molecular weight is 415 g/mol. The average Bonchev–Trinajstić information content (AvgIpc) is 3.36. The molecule has 2 heterocycles. The first-order valence-corrected chi connectivity index (χ1v) is 11.0. The van der Waals surface area contributed by atoms with E-state index in [9.17, 15) is 0 Å². The van der Waals surface area contributed by atoms with Crippen LogP contribution in [0.5, 0.6) is 0 Å². The summed E-state index contributed by atoms with van der Waals surface area (Å²) in [5, 5.41) is 5.23. The van der Waals surface area contributed by atoms with Crippen molar-refractivity contribution >= 4 is 55.9 Å². The molecule has 0 aliphatic heterocycles. The fraction of sp³-hybridized carbons (Fsp3) is 0.0667. The van der Waals surface area contributed by atoms with Crippen LogP contribution in [0.25, 0.3) is 55.9 Å². The van der Waals surface area contributed by atoms with Crippen LogP contribution in [0.15, 0.2) is 104 Å². The molecule has 4 aromatic carbocycles. The van der Waals surface area contributed by atoms with Gasteiger partial charge in [0.25, 0.3) is 0 Å². The Morgan fingerprint density at radius 2 is 1.12 bits per heavy atom. The van der Waals surface area contributed by atoms with Gasteiger partial charge in [-0.1, -0.05) is 86.0 Å². The molecule has 2 heteroatoms. The van der Waals surface area contributed by atoms with E-state index >= 15 is 0 Å². The zero-order valence-electron chi connectivity index (χ0n) is 18.3. The van der Waals surface area contributed by atoms with Crippen molar-refractivity contribution in [1.82, 2.24) is 9.13 Å². The first-order valence-electron chi connectivity index (χ1n) is 11.0. The maximum Gasteiger partial charge on any atom is 0.0534 e. The second-order valence-electron chi connectivity index (χ2n) is 7.83. The Labute approximate surface area is 188 Å². The minimum Gasteiger partial charge on any atom is -0.341 e. The number of rotatable bonds is 3. The summed E-state index contributed by atoms with van der Waals surface area (Å²) in [7, 11) is 0. The topological polar surface area (TPSA) is 9.86 Å². The van der Waals surface area contributed by atoms with Crippen molar-refractivity contribution in [3.8, 4) is 0 Å². The monoisotopic (exact) mass is 414 g/mol. The third kappa shape index (κ3) is 3.12. The minimum absolute atomic E-state index is 0.991. The molecule has 0 bridgehead atoms. The van der Waals surface area contributed by atoms with Gasteiger partial charge in [-0.15, -0.1) is 0 Å². The van der Waals surface area contributed by atoms with Crippen LogP contribution in [0.3, 0.4) is 0 Å². The normalized spacial score (nSPS) is 11.0. The van der Waals surface area contributed by atoms with Crippen molar-refractivity contribution in [1.29, 1.82) is 0 Å². The van der Waals surface area contributed by atoms with E-state index in [1.54, 1.807) is 0 Å². The number of para-hydroxylation sites is 3. The number of fused-ring (bicyclic) bond motifs is 6. The van der Waals surface area contributed by atoms with Gasteiger partial charge in [-0.2, -0.15) is 0 Å². The molecule has 0 amide bonds. The molecule has 32 heavy (non-hydrogen) atoms. The van der Waals surface area contributed by atoms with Gasteiger partial charge in [-0.25, -0.2) is 0 Å². The summed E-state index contributed by atoms with van der Waals surface area (Å²) in [6.07, 6.45) is 3.77. The lowest BCUT2D eigenvalue weighted by Crippen LogP contribution is -1.92. The Balaban J connectivity index is 0.000000136. The van der Waals surface area contributed by atoms with Crippen molar-refractivity contribution in [2.45, 2.75) is 13.5 Å². The Morgan fingerprint density at radius 3 is 1.66 bits per heavy atom. The SMILES string of the molecule is C=Cc1ccc2c3ccccc3n(CC)c2c1.C=Cn1c2ccccc2c2ccccc21. The molecule has 2 aromatic heterocycles. The van der Waals surface area contributed by atoms with Gasteiger partial charge in [-0.3, -0.25) is 0 Å². The molecule has 0 fully saturated rings. The number of benzene rings is 4. The van der Waals surface area contributed by atoms with E-state index in [-0.39, 0.29) is 0 Å². The quantitative estimate of drug-likeness (QED) is 0.275. The number of aryl methyl sites for hydroxylation is 1. The molecule has 0 saturated carbocycles. The standard InChI is InChI=1S/C16H15N.C14H11N/c1-3-12-9-10-14-13-7-5-6-8-15(13)17(4-2)16(14)11-12;1-2-15-13-9-5-3-7-11(13)12-8-4-6-10-14(12)15/h3,5-11H,1,4H2,2H3;2-10H,1H2. The largest absolute Gasteiger partial charge is 0.341 e. The predicted octanol–water partition coefficient (Wildman–Crippen LogP) is 8.35. The smallest absolute Gasteiger partial charge is 0.0534 e. The van der Waals surface area contributed by atoms with Crippen LogP contribution in [-0.4, -0.2) is 9.13 Å². The highest BCUT2D eigenvalue weighted by Gasteiger charge is 2.08. The maximum absolute atomic E-state index is 3.87. The molecular weight excluding hydrogens is 388 g/mol. The van der Waals surface area contributed by atoms with Crippen LogP contribution in [-0.2, 0) is 6.54 Å². The molecule has 6 rings (SSSR count). The highest BCUT2D eigenvalue weighted by Crippen LogP contribution is 2.30. The molecule has 0 aliphatic carbocycles. The van der Waals surface area contributed by atoms with Crippen LogP contribution >= 0.6 is 0 Å². The van der Waals surface area contributed by atoms with Gasteiger partial charge < -0.3 is 9.13 Å². The van der Waals surface area contributed by atoms with Crippen LogP contribution in [0, 0.1) is 0 Å². The Kier molecular flexibility index (Phi) is 5.12. The molecule has 0 saturated heterocycles. The molecule has 0 aliphatic rings. The van der Waals surface area contributed by atoms with Crippen LogP contribution in [0.2, 0.25) is 0 Å². The number of hydrogen-bond acceptors (Lipinski definition) is 0. The van der Waals surface area contributed by atoms with E-state index in [0.29, 0.717) is 0 Å². The molecule has 0 spiro atoms. The van der Waals surface area contributed by atoms with Crippen LogP contribution < -0.4 is 0 Å². The van der Waals surface area contributed by atoms with E-state index in [2.05, 4.69) is 120 Å². The van der Waals surface area contributed by atoms with Crippen molar-refractivity contribution in [3.05, 3.63) is 110 Å². The first kappa shape index (κ1) is 19.9. The predicted molar refractivity (Wildman–Crippen MR) is 141 cm³/mol. The second-order valence-corrected chi connectivity index (χ2v) is 7.83. The molecule has 6 aromatic rings. The van der Waals surface area contributed by atoms with Gasteiger partial charge in [0.1, 0.15) is 0 Å². The fourth-order valence-electron chi connectivity index (χ4n) is 4.68. The maximum atomic E-state index is 3.87. The van der Waals surface area contributed by atoms with Gasteiger partial charge >= 0.3 is 0 Å². The lowest BCUT2D eigenvalue weighted by molar-refractivity contribution is 0.827. The molecule has 0 unspecified atom stereocenters. The molecule has 0 atom stereocenters. The summed E-state index contributed by atoms with van der Waals surface area (Å²) in [5.74, 6) is 0. The fourth-order valence-corrected chi connectivity index (χ4v) is 4.68. The Morgan fingerprint density at radius 1 is 0.625 bits per heavy atom. The molecule has 0 radical (unpaired) electrons. The van der Waals surface area contributed by atoms with Gasteiger partial charge in [0.2, 0.25) is 0 Å². The van der Waals surface area contributed by atoms with Crippen LogP contribution in [0.1, 0.15) is 12.5 Å². The summed E-state index contributed by atoms with van der Waals surface area (Å²) in [6.45, 7) is 10.9. The number of hydrogen-bond donors (Lipinski definition) is 0. The third-order valence-electron chi connectivity index (χ3n) is 6.15.